The molecule has 1 aromatic heterocycles. The molecule has 0 aliphatic heterocycles. The maximum Gasteiger partial charge on any atom is 0.491 e. The van der Waals surface area contributed by atoms with Gasteiger partial charge in [-0.15, -0.1) is 0 Å². The molecule has 0 spiro atoms. The first-order valence-corrected chi connectivity index (χ1v) is 16.8. The van der Waals surface area contributed by atoms with Crippen molar-refractivity contribution in [2.75, 3.05) is 24.7 Å². The Morgan fingerprint density at radius 3 is 2.48 bits per heavy atom. The van der Waals surface area contributed by atoms with Crippen molar-refractivity contribution >= 4 is 55.6 Å². The fraction of sp³-hybridized carbons (Fsp3) is 0.303. The van der Waals surface area contributed by atoms with Crippen LogP contribution in [0.3, 0.4) is 0 Å². The van der Waals surface area contributed by atoms with E-state index in [0.29, 0.717) is 23.6 Å². The van der Waals surface area contributed by atoms with E-state index in [2.05, 4.69) is 10.3 Å². The Morgan fingerprint density at radius 2 is 1.81 bits per heavy atom. The SMILES string of the molecule is CCOc1cc(C(Nc2ccc3c(N)nccc3c2)(OC(=O)C(F)(F)F)C(=O)N(C)Cc2ccccc2S(=O)(=O)C2CCC2)ccc1Cl. The van der Waals surface area contributed by atoms with Crippen LogP contribution in [-0.4, -0.2) is 55.3 Å². The number of nitrogens with one attached hydrogen (secondary N) is 1. The first kappa shape index (κ1) is 34.8. The number of nitrogens with two attached hydrogens (primary N) is 1. The highest BCUT2D eigenvalue weighted by Gasteiger charge is 2.53. The van der Waals surface area contributed by atoms with E-state index < -0.39 is 38.9 Å². The molecule has 1 atom stereocenters. The maximum absolute atomic E-state index is 14.6. The molecule has 1 unspecified atom stereocenters. The first-order chi connectivity index (χ1) is 22.7. The lowest BCUT2D eigenvalue weighted by Gasteiger charge is -2.37. The maximum atomic E-state index is 14.6. The van der Waals surface area contributed by atoms with Crippen LogP contribution in [0.5, 0.6) is 5.75 Å². The average Bonchev–Trinajstić information content (AvgIpc) is 3.00. The van der Waals surface area contributed by atoms with Gasteiger partial charge in [-0.25, -0.2) is 18.2 Å². The minimum Gasteiger partial charge on any atom is -0.492 e. The van der Waals surface area contributed by atoms with Gasteiger partial charge in [0.05, 0.1) is 21.8 Å². The number of esters is 1. The molecule has 5 rings (SSSR count). The van der Waals surface area contributed by atoms with E-state index in [0.717, 1.165) is 11.3 Å². The number of ether oxygens (including phenoxy) is 2. The molecule has 48 heavy (non-hydrogen) atoms. The lowest BCUT2D eigenvalue weighted by atomic mass is 9.98. The zero-order valence-electron chi connectivity index (χ0n) is 25.9. The van der Waals surface area contributed by atoms with Crippen LogP contribution in [-0.2, 0) is 36.4 Å². The highest BCUT2D eigenvalue weighted by Crippen LogP contribution is 2.39. The number of hydrogen-bond acceptors (Lipinski definition) is 9. The molecule has 0 radical (unpaired) electrons. The van der Waals surface area contributed by atoms with Crippen LogP contribution in [0.1, 0.15) is 37.3 Å². The van der Waals surface area contributed by atoms with Gasteiger partial charge in [0.1, 0.15) is 11.6 Å². The van der Waals surface area contributed by atoms with Crippen molar-refractivity contribution in [3.05, 3.63) is 89.1 Å². The summed E-state index contributed by atoms with van der Waals surface area (Å²) in [7, 11) is -2.49. The number of likely N-dealkylation sites (N-methyl/N-ethyl adjacent to an activating group) is 1. The Hall–Kier alpha value is -4.56. The Morgan fingerprint density at radius 1 is 1.08 bits per heavy atom. The predicted octanol–water partition coefficient (Wildman–Crippen LogP) is 6.22. The number of anilines is 2. The fourth-order valence-corrected chi connectivity index (χ4v) is 7.67. The molecule has 1 fully saturated rings. The topological polar surface area (TPSA) is 141 Å². The summed E-state index contributed by atoms with van der Waals surface area (Å²) in [6.45, 7) is 1.41. The largest absolute Gasteiger partial charge is 0.492 e. The zero-order valence-corrected chi connectivity index (χ0v) is 27.5. The van der Waals surface area contributed by atoms with E-state index in [1.165, 1.54) is 55.7 Å². The van der Waals surface area contributed by atoms with E-state index in [1.807, 2.05) is 0 Å². The van der Waals surface area contributed by atoms with E-state index in [4.69, 9.17) is 26.8 Å². The zero-order chi connectivity index (χ0) is 34.9. The van der Waals surface area contributed by atoms with E-state index in [1.54, 1.807) is 31.2 Å². The van der Waals surface area contributed by atoms with Gasteiger partial charge in [0, 0.05) is 36.4 Å². The summed E-state index contributed by atoms with van der Waals surface area (Å²) in [5, 5.41) is 3.31. The number of benzene rings is 3. The molecule has 1 saturated carbocycles. The molecular formula is C33H32ClF3N4O6S. The lowest BCUT2D eigenvalue weighted by molar-refractivity contribution is -0.215. The number of nitrogen functional groups attached to an aromatic ring is 1. The van der Waals surface area contributed by atoms with Gasteiger partial charge in [0.15, 0.2) is 9.84 Å². The minimum atomic E-state index is -5.51. The Balaban J connectivity index is 1.67. The van der Waals surface area contributed by atoms with Crippen molar-refractivity contribution in [2.45, 2.75) is 54.8 Å². The van der Waals surface area contributed by atoms with E-state index in [-0.39, 0.29) is 51.5 Å². The van der Waals surface area contributed by atoms with Crippen molar-refractivity contribution in [3.8, 4) is 5.75 Å². The van der Waals surface area contributed by atoms with Crippen molar-refractivity contribution in [3.63, 3.8) is 0 Å². The van der Waals surface area contributed by atoms with Gasteiger partial charge in [0.25, 0.3) is 11.6 Å². The second-order valence-corrected chi connectivity index (χ2v) is 13.9. The number of rotatable bonds is 11. The number of carbonyl (C=O) groups excluding carboxylic acids is 2. The van der Waals surface area contributed by atoms with Gasteiger partial charge in [-0.3, -0.25) is 4.79 Å². The van der Waals surface area contributed by atoms with E-state index in [9.17, 15) is 31.2 Å². The third kappa shape index (κ3) is 6.85. The molecule has 4 aromatic rings. The third-order valence-corrected chi connectivity index (χ3v) is 10.7. The summed E-state index contributed by atoms with van der Waals surface area (Å²) in [6.07, 6.45) is -2.31. The lowest BCUT2D eigenvalue weighted by Crippen LogP contribution is -2.54. The number of alkyl halides is 3. The van der Waals surface area contributed by atoms with Crippen LogP contribution in [0.25, 0.3) is 10.8 Å². The molecule has 0 saturated heterocycles. The number of fused-ring (bicyclic) bond motifs is 1. The number of amides is 1. The molecule has 3 N–H and O–H groups in total. The molecule has 1 aliphatic rings. The number of carbonyl (C=O) groups is 2. The number of halogens is 4. The summed E-state index contributed by atoms with van der Waals surface area (Å²) in [5.74, 6) is -3.61. The number of sulfone groups is 1. The van der Waals surface area contributed by atoms with Crippen molar-refractivity contribution in [2.24, 2.45) is 0 Å². The quantitative estimate of drug-likeness (QED) is 0.137. The Kier molecular flexibility index (Phi) is 9.79. The van der Waals surface area contributed by atoms with Gasteiger partial charge in [-0.1, -0.05) is 42.3 Å². The van der Waals surface area contributed by atoms with Gasteiger partial charge in [-0.2, -0.15) is 13.2 Å². The summed E-state index contributed by atoms with van der Waals surface area (Å²) < 4.78 is 79.3. The van der Waals surface area contributed by atoms with E-state index >= 15 is 0 Å². The average molecular weight is 705 g/mol. The van der Waals surface area contributed by atoms with Crippen molar-refractivity contribution in [1.29, 1.82) is 0 Å². The highest BCUT2D eigenvalue weighted by molar-refractivity contribution is 7.92. The Labute approximate surface area is 279 Å². The van der Waals surface area contributed by atoms with Gasteiger partial charge in [0.2, 0.25) is 0 Å². The predicted molar refractivity (Wildman–Crippen MR) is 174 cm³/mol. The molecule has 1 amide bonds. The molecule has 0 bridgehead atoms. The van der Waals surface area contributed by atoms with Crippen LogP contribution in [0.2, 0.25) is 5.02 Å². The van der Waals surface area contributed by atoms with Crippen LogP contribution in [0.4, 0.5) is 24.7 Å². The molecular weight excluding hydrogens is 673 g/mol. The monoisotopic (exact) mass is 704 g/mol. The fourth-order valence-electron chi connectivity index (χ4n) is 5.41. The number of hydrogen-bond donors (Lipinski definition) is 2. The van der Waals surface area contributed by atoms with Crippen LogP contribution >= 0.6 is 11.6 Å². The minimum absolute atomic E-state index is 0.00560. The van der Waals surface area contributed by atoms with Crippen LogP contribution < -0.4 is 15.8 Å². The van der Waals surface area contributed by atoms with Crippen molar-refractivity contribution < 1.29 is 40.7 Å². The normalized spacial score (nSPS) is 14.9. The van der Waals surface area contributed by atoms with Crippen LogP contribution in [0.15, 0.2) is 77.8 Å². The number of aromatic nitrogens is 1. The summed E-state index contributed by atoms with van der Waals surface area (Å²) in [4.78, 5) is 32.3. The number of nitrogens with zero attached hydrogens (tertiary/aromatic N) is 2. The third-order valence-electron chi connectivity index (χ3n) is 8.06. The standard InChI is InChI=1S/C33H32ClF3N4O6S/c1-3-46-27-18-22(11-14-26(27)34)32(47-31(43)33(35,36)37,40-23-12-13-25-20(17-23)15-16-39-29(25)38)30(42)41(2)19-21-7-4-5-10-28(21)48(44,45)24-8-6-9-24/h4-5,7,10-18,24,40H,3,6,8-9,19H2,1-2H3,(H2,38,39). The highest BCUT2D eigenvalue weighted by atomic mass is 35.5. The summed E-state index contributed by atoms with van der Waals surface area (Å²) >= 11 is 6.29. The first-order valence-electron chi connectivity index (χ1n) is 14.9. The molecule has 254 valence electrons. The Bertz CT molecular complexity index is 1970. The van der Waals surface area contributed by atoms with Gasteiger partial charge >= 0.3 is 12.1 Å². The summed E-state index contributed by atoms with van der Waals surface area (Å²) in [5.41, 5.74) is 3.16. The number of pyridine rings is 1. The molecule has 3 aromatic carbocycles. The molecule has 1 aliphatic carbocycles. The molecule has 10 nitrogen and oxygen atoms in total. The van der Waals surface area contributed by atoms with Crippen LogP contribution in [0, 0.1) is 0 Å². The second-order valence-electron chi connectivity index (χ2n) is 11.3. The molecule has 1 heterocycles. The van der Waals surface area contributed by atoms with Gasteiger partial charge in [-0.05, 0) is 73.2 Å². The van der Waals surface area contributed by atoms with Crippen molar-refractivity contribution in [1.82, 2.24) is 9.88 Å². The smallest absolute Gasteiger partial charge is 0.491 e. The summed E-state index contributed by atoms with van der Waals surface area (Å²) in [6, 6.07) is 15.9. The second kappa shape index (κ2) is 13.5. The molecule has 15 heteroatoms. The van der Waals surface area contributed by atoms with Gasteiger partial charge < -0.3 is 25.4 Å².